The summed E-state index contributed by atoms with van der Waals surface area (Å²) in [4.78, 5) is 0. The highest BCUT2D eigenvalue weighted by molar-refractivity contribution is 5.13. The summed E-state index contributed by atoms with van der Waals surface area (Å²) in [5, 5.41) is 0. The molecule has 0 aliphatic heterocycles. The van der Waals surface area contributed by atoms with E-state index < -0.39 is 0 Å². The molecule has 2 bridgehead atoms. The highest BCUT2D eigenvalue weighted by Crippen LogP contribution is 2.67. The van der Waals surface area contributed by atoms with Gasteiger partial charge in [0.15, 0.2) is 0 Å². The minimum atomic E-state index is 0.862. The summed E-state index contributed by atoms with van der Waals surface area (Å²) in [5.74, 6) is 9.85. The van der Waals surface area contributed by atoms with Crippen LogP contribution in [-0.4, -0.2) is 0 Å². The van der Waals surface area contributed by atoms with E-state index in [1.165, 1.54) is 18.3 Å². The van der Waals surface area contributed by atoms with Crippen LogP contribution in [0, 0.1) is 53.3 Å². The molecule has 110 valence electrons. The van der Waals surface area contributed by atoms with E-state index in [4.69, 9.17) is 0 Å². The smallest absolute Gasteiger partial charge is 0.0197 e. The Morgan fingerprint density at radius 1 is 0.700 bits per heavy atom. The molecule has 0 saturated heterocycles. The Hall–Kier alpha value is -0.260. The van der Waals surface area contributed by atoms with Crippen LogP contribution >= 0.6 is 0 Å². The molecule has 0 aromatic heterocycles. The minimum Gasteiger partial charge on any atom is -0.0854 e. The Labute approximate surface area is 124 Å². The van der Waals surface area contributed by atoms with Gasteiger partial charge in [0, 0.05) is 0 Å². The molecule has 0 aromatic carbocycles. The lowest BCUT2D eigenvalue weighted by atomic mass is 9.66. The molecule has 20 heavy (non-hydrogen) atoms. The van der Waals surface area contributed by atoms with Crippen molar-refractivity contribution in [3.63, 3.8) is 0 Å². The van der Waals surface area contributed by atoms with Gasteiger partial charge in [0.05, 0.1) is 0 Å². The lowest BCUT2D eigenvalue weighted by molar-refractivity contribution is 0.105. The van der Waals surface area contributed by atoms with Gasteiger partial charge in [0.1, 0.15) is 0 Å². The number of hydrogen-bond donors (Lipinski definition) is 0. The zero-order valence-corrected chi connectivity index (χ0v) is 13.0. The third kappa shape index (κ3) is 1.60. The first kappa shape index (κ1) is 12.3. The van der Waals surface area contributed by atoms with Gasteiger partial charge >= 0.3 is 0 Å². The van der Waals surface area contributed by atoms with Crippen molar-refractivity contribution in [2.45, 2.75) is 58.3 Å². The second-order valence-corrected chi connectivity index (χ2v) is 9.01. The van der Waals surface area contributed by atoms with Crippen LogP contribution in [0.3, 0.4) is 0 Å². The van der Waals surface area contributed by atoms with E-state index in [9.17, 15) is 0 Å². The molecule has 0 amide bonds. The fraction of sp³-hybridized carbons (Fsp3) is 0.900. The van der Waals surface area contributed by atoms with Gasteiger partial charge in [0.2, 0.25) is 0 Å². The monoisotopic (exact) mass is 270 g/mol. The fourth-order valence-electron chi connectivity index (χ4n) is 7.67. The van der Waals surface area contributed by atoms with Crippen LogP contribution in [0.15, 0.2) is 12.2 Å². The van der Waals surface area contributed by atoms with E-state index in [2.05, 4.69) is 19.1 Å². The Morgan fingerprint density at radius 2 is 1.50 bits per heavy atom. The van der Waals surface area contributed by atoms with Crippen LogP contribution in [-0.2, 0) is 0 Å². The summed E-state index contributed by atoms with van der Waals surface area (Å²) in [7, 11) is 0. The normalized spacial score (nSPS) is 60.0. The molecule has 0 N–H and O–H groups in total. The molecule has 4 fully saturated rings. The zero-order valence-electron chi connectivity index (χ0n) is 13.0. The zero-order chi connectivity index (χ0) is 13.3. The maximum absolute atomic E-state index is 2.61. The van der Waals surface area contributed by atoms with Crippen molar-refractivity contribution in [3.05, 3.63) is 12.2 Å². The third-order valence-corrected chi connectivity index (χ3v) is 8.21. The van der Waals surface area contributed by atoms with Gasteiger partial charge < -0.3 is 0 Å². The lowest BCUT2D eigenvalue weighted by Gasteiger charge is -2.39. The first-order valence-electron chi connectivity index (χ1n) is 9.49. The number of allylic oxidation sites excluding steroid dienone is 2. The molecule has 5 aliphatic rings. The summed E-state index contributed by atoms with van der Waals surface area (Å²) < 4.78 is 0. The average molecular weight is 270 g/mol. The lowest BCUT2D eigenvalue weighted by Crippen LogP contribution is -2.32. The second-order valence-electron chi connectivity index (χ2n) is 9.01. The number of hydrogen-bond acceptors (Lipinski definition) is 0. The largest absolute Gasteiger partial charge is 0.0854 e. The molecule has 0 heteroatoms. The highest BCUT2D eigenvalue weighted by atomic mass is 14.6. The molecular weight excluding hydrogens is 240 g/mol. The Balaban J connectivity index is 1.39. The Bertz CT molecular complexity index is 422. The maximum Gasteiger partial charge on any atom is -0.0197 e. The van der Waals surface area contributed by atoms with Gasteiger partial charge in [0.25, 0.3) is 0 Å². The van der Waals surface area contributed by atoms with Crippen molar-refractivity contribution in [3.8, 4) is 0 Å². The molecule has 5 aliphatic carbocycles. The van der Waals surface area contributed by atoms with E-state index in [1.54, 1.807) is 44.9 Å². The summed E-state index contributed by atoms with van der Waals surface area (Å²) in [6, 6.07) is 0. The molecule has 0 heterocycles. The molecule has 0 aromatic rings. The highest BCUT2D eigenvalue weighted by Gasteiger charge is 2.60. The van der Waals surface area contributed by atoms with E-state index in [-0.39, 0.29) is 0 Å². The van der Waals surface area contributed by atoms with E-state index in [1.807, 2.05) is 0 Å². The van der Waals surface area contributed by atoms with Gasteiger partial charge in [-0.2, -0.15) is 0 Å². The summed E-state index contributed by atoms with van der Waals surface area (Å²) in [6.07, 6.45) is 17.7. The molecule has 9 unspecified atom stereocenters. The van der Waals surface area contributed by atoms with Crippen molar-refractivity contribution in [1.82, 2.24) is 0 Å². The van der Waals surface area contributed by atoms with Crippen LogP contribution in [0.1, 0.15) is 58.3 Å². The SMILES string of the molecule is CC1C=CC(C2CC3CC2C2C4CCCCC4CC32)C1. The molecule has 0 spiro atoms. The van der Waals surface area contributed by atoms with E-state index in [0.717, 1.165) is 41.4 Å². The van der Waals surface area contributed by atoms with Gasteiger partial charge in [-0.05, 0) is 85.4 Å². The molecule has 9 atom stereocenters. The van der Waals surface area contributed by atoms with E-state index in [0.29, 0.717) is 0 Å². The van der Waals surface area contributed by atoms with Crippen molar-refractivity contribution < 1.29 is 0 Å². The Morgan fingerprint density at radius 3 is 2.35 bits per heavy atom. The number of fused-ring (bicyclic) bond motifs is 7. The second kappa shape index (κ2) is 4.37. The maximum atomic E-state index is 2.61. The molecule has 4 saturated carbocycles. The van der Waals surface area contributed by atoms with Gasteiger partial charge in [-0.25, -0.2) is 0 Å². The quantitative estimate of drug-likeness (QED) is 0.567. The van der Waals surface area contributed by atoms with Crippen LogP contribution in [0.25, 0.3) is 0 Å². The van der Waals surface area contributed by atoms with Crippen molar-refractivity contribution in [2.75, 3.05) is 0 Å². The van der Waals surface area contributed by atoms with Gasteiger partial charge in [-0.1, -0.05) is 38.3 Å². The predicted molar refractivity (Wildman–Crippen MR) is 83.2 cm³/mol. The Kier molecular flexibility index (Phi) is 2.69. The summed E-state index contributed by atoms with van der Waals surface area (Å²) in [5.41, 5.74) is 0. The van der Waals surface area contributed by atoms with Gasteiger partial charge in [-0.3, -0.25) is 0 Å². The molecule has 5 rings (SSSR count). The van der Waals surface area contributed by atoms with Gasteiger partial charge in [-0.15, -0.1) is 0 Å². The molecule has 0 nitrogen and oxygen atoms in total. The van der Waals surface area contributed by atoms with Crippen LogP contribution < -0.4 is 0 Å². The topological polar surface area (TPSA) is 0 Å². The van der Waals surface area contributed by atoms with Crippen molar-refractivity contribution in [2.24, 2.45) is 53.3 Å². The van der Waals surface area contributed by atoms with E-state index >= 15 is 0 Å². The third-order valence-electron chi connectivity index (χ3n) is 8.21. The standard InChI is InChI=1S/C20H30/c1-12-6-7-14(8-12)17-10-15-11-19(17)20-16-5-3-2-4-13(16)9-18(15)20/h6-7,12-20H,2-5,8-11H2,1H3. The van der Waals surface area contributed by atoms with Crippen LogP contribution in [0.2, 0.25) is 0 Å². The molecule has 0 radical (unpaired) electrons. The van der Waals surface area contributed by atoms with Crippen LogP contribution in [0.5, 0.6) is 0 Å². The molecular formula is C20H30. The first-order valence-corrected chi connectivity index (χ1v) is 9.49. The van der Waals surface area contributed by atoms with Crippen LogP contribution in [0.4, 0.5) is 0 Å². The predicted octanol–water partition coefficient (Wildman–Crippen LogP) is 5.30. The summed E-state index contributed by atoms with van der Waals surface area (Å²) in [6.45, 7) is 2.42. The number of rotatable bonds is 1. The van der Waals surface area contributed by atoms with Crippen molar-refractivity contribution in [1.29, 1.82) is 0 Å². The minimum absolute atomic E-state index is 0.862. The fourth-order valence-corrected chi connectivity index (χ4v) is 7.67. The first-order chi connectivity index (χ1) is 9.81. The summed E-state index contributed by atoms with van der Waals surface area (Å²) >= 11 is 0. The van der Waals surface area contributed by atoms with Crippen molar-refractivity contribution >= 4 is 0 Å². The average Bonchev–Trinajstić information content (AvgIpc) is 3.17.